The molecular formula is C17H23NO. The highest BCUT2D eigenvalue weighted by Gasteiger charge is 2.50. The number of rotatable bonds is 3. The molecule has 0 saturated heterocycles. The van der Waals surface area contributed by atoms with Gasteiger partial charge in [0.05, 0.1) is 11.5 Å². The quantitative estimate of drug-likeness (QED) is 0.827. The van der Waals surface area contributed by atoms with E-state index >= 15 is 0 Å². The summed E-state index contributed by atoms with van der Waals surface area (Å²) in [7, 11) is 0. The zero-order chi connectivity index (χ0) is 13.8. The first-order chi connectivity index (χ1) is 9.18. The Kier molecular flexibility index (Phi) is 4.27. The van der Waals surface area contributed by atoms with Crippen LogP contribution in [0.2, 0.25) is 0 Å². The van der Waals surface area contributed by atoms with Gasteiger partial charge in [-0.2, -0.15) is 5.26 Å². The van der Waals surface area contributed by atoms with Gasteiger partial charge in [-0.15, -0.1) is 0 Å². The molecule has 1 aromatic rings. The SMILES string of the molecule is CCC(O)(c1ccccc1)C1(C#N)CCCCCC1. The summed E-state index contributed by atoms with van der Waals surface area (Å²) in [6.07, 6.45) is 6.65. The molecule has 0 aliphatic heterocycles. The zero-order valence-electron chi connectivity index (χ0n) is 11.7. The summed E-state index contributed by atoms with van der Waals surface area (Å²) in [5.41, 5.74) is -0.756. The highest BCUT2D eigenvalue weighted by atomic mass is 16.3. The van der Waals surface area contributed by atoms with E-state index in [-0.39, 0.29) is 0 Å². The van der Waals surface area contributed by atoms with E-state index in [2.05, 4.69) is 6.07 Å². The van der Waals surface area contributed by atoms with Crippen LogP contribution in [-0.4, -0.2) is 5.11 Å². The summed E-state index contributed by atoms with van der Waals surface area (Å²) in [5, 5.41) is 21.1. The lowest BCUT2D eigenvalue weighted by Gasteiger charge is -2.42. The lowest BCUT2D eigenvalue weighted by molar-refractivity contribution is -0.0730. The van der Waals surface area contributed by atoms with E-state index in [1.165, 1.54) is 12.8 Å². The maximum absolute atomic E-state index is 11.3. The molecule has 1 N–H and O–H groups in total. The van der Waals surface area contributed by atoms with Crippen LogP contribution in [0.3, 0.4) is 0 Å². The largest absolute Gasteiger partial charge is 0.383 e. The smallest absolute Gasteiger partial charge is 0.108 e. The summed E-state index contributed by atoms with van der Waals surface area (Å²) >= 11 is 0. The van der Waals surface area contributed by atoms with Gasteiger partial charge in [0, 0.05) is 0 Å². The Morgan fingerprint density at radius 3 is 2.21 bits per heavy atom. The Balaban J connectivity index is 2.46. The average molecular weight is 257 g/mol. The van der Waals surface area contributed by atoms with Crippen LogP contribution in [0, 0.1) is 16.7 Å². The third-order valence-corrected chi connectivity index (χ3v) is 4.73. The van der Waals surface area contributed by atoms with Crippen molar-refractivity contribution >= 4 is 0 Å². The van der Waals surface area contributed by atoms with Crippen molar-refractivity contribution in [3.05, 3.63) is 35.9 Å². The fourth-order valence-corrected chi connectivity index (χ4v) is 3.48. The number of aliphatic hydroxyl groups is 1. The van der Waals surface area contributed by atoms with Crippen LogP contribution in [-0.2, 0) is 5.60 Å². The van der Waals surface area contributed by atoms with E-state index in [9.17, 15) is 10.4 Å². The molecule has 1 saturated carbocycles. The van der Waals surface area contributed by atoms with Gasteiger partial charge in [-0.25, -0.2) is 0 Å². The standard InChI is InChI=1S/C17H23NO/c1-2-17(19,15-10-6-5-7-11-15)16(14-18)12-8-3-4-9-13-16/h5-7,10-11,19H,2-4,8-9,12-13H2,1H3. The number of nitrogens with zero attached hydrogens (tertiary/aromatic N) is 1. The molecule has 0 radical (unpaired) electrons. The molecule has 0 spiro atoms. The Morgan fingerprint density at radius 1 is 1.16 bits per heavy atom. The van der Waals surface area contributed by atoms with Gasteiger partial charge in [0.1, 0.15) is 5.60 Å². The molecule has 1 aromatic carbocycles. The van der Waals surface area contributed by atoms with Crippen LogP contribution in [0.5, 0.6) is 0 Å². The molecule has 102 valence electrons. The minimum atomic E-state index is -1.02. The van der Waals surface area contributed by atoms with Crippen LogP contribution in [0.1, 0.15) is 57.4 Å². The van der Waals surface area contributed by atoms with Crippen molar-refractivity contribution in [2.75, 3.05) is 0 Å². The van der Waals surface area contributed by atoms with Gasteiger partial charge in [-0.3, -0.25) is 0 Å². The lowest BCUT2D eigenvalue weighted by atomic mass is 9.64. The van der Waals surface area contributed by atoms with Crippen molar-refractivity contribution in [2.45, 2.75) is 57.5 Å². The fraction of sp³-hybridized carbons (Fsp3) is 0.588. The third-order valence-electron chi connectivity index (χ3n) is 4.73. The molecule has 0 heterocycles. The first kappa shape index (κ1) is 14.1. The average Bonchev–Trinajstić information content (AvgIpc) is 2.74. The number of nitriles is 1. The van der Waals surface area contributed by atoms with Crippen molar-refractivity contribution in [1.82, 2.24) is 0 Å². The molecule has 1 fully saturated rings. The Labute approximate surface area is 116 Å². The van der Waals surface area contributed by atoms with Crippen molar-refractivity contribution < 1.29 is 5.11 Å². The van der Waals surface area contributed by atoms with Crippen LogP contribution in [0.15, 0.2) is 30.3 Å². The zero-order valence-corrected chi connectivity index (χ0v) is 11.7. The van der Waals surface area contributed by atoms with Gasteiger partial charge < -0.3 is 5.11 Å². The normalized spacial score (nSPS) is 21.9. The molecule has 19 heavy (non-hydrogen) atoms. The van der Waals surface area contributed by atoms with Crippen LogP contribution in [0.4, 0.5) is 0 Å². The Hall–Kier alpha value is -1.33. The minimum absolute atomic E-state index is 0.588. The molecular weight excluding hydrogens is 234 g/mol. The topological polar surface area (TPSA) is 44.0 Å². The summed E-state index contributed by atoms with van der Waals surface area (Å²) in [4.78, 5) is 0. The van der Waals surface area contributed by atoms with Gasteiger partial charge in [0.2, 0.25) is 0 Å². The highest BCUT2D eigenvalue weighted by molar-refractivity contribution is 5.29. The molecule has 1 unspecified atom stereocenters. The maximum Gasteiger partial charge on any atom is 0.108 e. The summed E-state index contributed by atoms with van der Waals surface area (Å²) < 4.78 is 0. The molecule has 2 nitrogen and oxygen atoms in total. The Morgan fingerprint density at radius 2 is 1.74 bits per heavy atom. The van der Waals surface area contributed by atoms with Crippen molar-refractivity contribution in [1.29, 1.82) is 5.26 Å². The fourth-order valence-electron chi connectivity index (χ4n) is 3.48. The highest BCUT2D eigenvalue weighted by Crippen LogP contribution is 2.50. The van der Waals surface area contributed by atoms with Gasteiger partial charge in [0.25, 0.3) is 0 Å². The van der Waals surface area contributed by atoms with Crippen molar-refractivity contribution in [2.24, 2.45) is 5.41 Å². The third kappa shape index (κ3) is 2.40. The maximum atomic E-state index is 11.3. The summed E-state index contributed by atoms with van der Waals surface area (Å²) in [6, 6.07) is 12.2. The molecule has 1 atom stereocenters. The van der Waals surface area contributed by atoms with E-state index in [0.29, 0.717) is 6.42 Å². The molecule has 0 aromatic heterocycles. The predicted octanol–water partition coefficient (Wildman–Crippen LogP) is 4.15. The van der Waals surface area contributed by atoms with E-state index in [1.54, 1.807) is 0 Å². The van der Waals surface area contributed by atoms with Crippen LogP contribution < -0.4 is 0 Å². The molecule has 0 bridgehead atoms. The monoisotopic (exact) mass is 257 g/mol. The summed E-state index contributed by atoms with van der Waals surface area (Å²) in [6.45, 7) is 1.98. The van der Waals surface area contributed by atoms with E-state index in [1.807, 2.05) is 37.3 Å². The lowest BCUT2D eigenvalue weighted by Crippen LogP contribution is -2.44. The number of hydrogen-bond acceptors (Lipinski definition) is 2. The number of benzene rings is 1. The van der Waals surface area contributed by atoms with Gasteiger partial charge in [0.15, 0.2) is 0 Å². The number of hydrogen-bond donors (Lipinski definition) is 1. The first-order valence-corrected chi connectivity index (χ1v) is 7.38. The second-order valence-corrected chi connectivity index (χ2v) is 5.69. The van der Waals surface area contributed by atoms with Gasteiger partial charge in [-0.1, -0.05) is 62.9 Å². The molecule has 1 aliphatic rings. The summed E-state index contributed by atoms with van der Waals surface area (Å²) in [5.74, 6) is 0. The minimum Gasteiger partial charge on any atom is -0.383 e. The molecule has 2 heteroatoms. The van der Waals surface area contributed by atoms with E-state index in [4.69, 9.17) is 0 Å². The van der Waals surface area contributed by atoms with Crippen LogP contribution >= 0.6 is 0 Å². The second-order valence-electron chi connectivity index (χ2n) is 5.69. The predicted molar refractivity (Wildman–Crippen MR) is 76.4 cm³/mol. The van der Waals surface area contributed by atoms with Crippen molar-refractivity contribution in [3.8, 4) is 6.07 Å². The van der Waals surface area contributed by atoms with Crippen molar-refractivity contribution in [3.63, 3.8) is 0 Å². The van der Waals surface area contributed by atoms with Gasteiger partial charge in [-0.05, 0) is 24.8 Å². The van der Waals surface area contributed by atoms with Crippen LogP contribution in [0.25, 0.3) is 0 Å². The van der Waals surface area contributed by atoms with Gasteiger partial charge >= 0.3 is 0 Å². The molecule has 1 aliphatic carbocycles. The second kappa shape index (κ2) is 5.75. The molecule has 2 rings (SSSR count). The van der Waals surface area contributed by atoms with E-state index < -0.39 is 11.0 Å². The first-order valence-electron chi connectivity index (χ1n) is 7.38. The molecule has 0 amide bonds. The Bertz CT molecular complexity index is 440. The van der Waals surface area contributed by atoms with E-state index in [0.717, 1.165) is 31.2 Å².